The minimum Gasteiger partial charge on any atom is -0.394 e. The normalized spacial score (nSPS) is 28.3. The number of carbonyl (C=O) groups is 2. The zero-order valence-electron chi connectivity index (χ0n) is 18.3. The SMILES string of the molecule is O=C(C1CCCCC1)N1CC2(C1)[C@@H](c1ccccc1)[C@@H](CO)N2C(=O)NC1CCCC1. The van der Waals surface area contributed by atoms with Crippen LogP contribution in [0, 0.1) is 5.92 Å². The van der Waals surface area contributed by atoms with Crippen LogP contribution in [0.5, 0.6) is 0 Å². The maximum Gasteiger partial charge on any atom is 0.318 e. The molecule has 0 radical (unpaired) electrons. The number of aliphatic hydroxyl groups excluding tert-OH is 1. The first-order valence-electron chi connectivity index (χ1n) is 12.2. The highest BCUT2D eigenvalue weighted by atomic mass is 16.3. The summed E-state index contributed by atoms with van der Waals surface area (Å²) in [5.41, 5.74) is 0.748. The molecule has 31 heavy (non-hydrogen) atoms. The van der Waals surface area contributed by atoms with Gasteiger partial charge in [-0.15, -0.1) is 0 Å². The number of carbonyl (C=O) groups excluding carboxylic acids is 2. The van der Waals surface area contributed by atoms with Gasteiger partial charge in [-0.05, 0) is 31.2 Å². The molecule has 3 amide bonds. The van der Waals surface area contributed by atoms with Crippen molar-refractivity contribution in [1.29, 1.82) is 0 Å². The predicted octanol–water partition coefficient (Wildman–Crippen LogP) is 3.26. The van der Waals surface area contributed by atoms with Crippen molar-refractivity contribution in [3.8, 4) is 0 Å². The lowest BCUT2D eigenvalue weighted by Crippen LogP contribution is -2.87. The molecule has 2 aliphatic carbocycles. The minimum absolute atomic E-state index is 0.0587. The fourth-order valence-electron chi connectivity index (χ4n) is 6.68. The number of hydrogen-bond donors (Lipinski definition) is 2. The molecule has 2 atom stereocenters. The molecule has 2 heterocycles. The van der Waals surface area contributed by atoms with Crippen molar-refractivity contribution in [2.75, 3.05) is 19.7 Å². The number of nitrogens with zero attached hydrogens (tertiary/aromatic N) is 2. The Labute approximate surface area is 185 Å². The van der Waals surface area contributed by atoms with Gasteiger partial charge < -0.3 is 20.2 Å². The summed E-state index contributed by atoms with van der Waals surface area (Å²) in [5.74, 6) is 0.472. The van der Waals surface area contributed by atoms with Crippen molar-refractivity contribution in [3.05, 3.63) is 35.9 Å². The number of aliphatic hydroxyl groups is 1. The number of urea groups is 1. The zero-order chi connectivity index (χ0) is 21.4. The van der Waals surface area contributed by atoms with Gasteiger partial charge in [0.2, 0.25) is 5.91 Å². The Morgan fingerprint density at radius 2 is 1.61 bits per heavy atom. The van der Waals surface area contributed by atoms with E-state index in [2.05, 4.69) is 17.4 Å². The van der Waals surface area contributed by atoms with Gasteiger partial charge in [-0.3, -0.25) is 4.79 Å². The van der Waals surface area contributed by atoms with Crippen LogP contribution in [0.25, 0.3) is 0 Å². The minimum atomic E-state index is -0.401. The number of nitrogens with one attached hydrogen (secondary N) is 1. The van der Waals surface area contributed by atoms with E-state index in [1.54, 1.807) is 0 Å². The second-order valence-corrected chi connectivity index (χ2v) is 10.1. The topological polar surface area (TPSA) is 72.9 Å². The molecule has 4 aliphatic rings. The average molecular weight is 426 g/mol. The van der Waals surface area contributed by atoms with Gasteiger partial charge in [-0.2, -0.15) is 0 Å². The molecule has 2 aliphatic heterocycles. The Hall–Kier alpha value is -2.08. The van der Waals surface area contributed by atoms with Gasteiger partial charge in [0.05, 0.1) is 18.2 Å². The maximum atomic E-state index is 13.3. The summed E-state index contributed by atoms with van der Waals surface area (Å²) in [6.45, 7) is 1.10. The smallest absolute Gasteiger partial charge is 0.318 e. The van der Waals surface area contributed by atoms with Crippen molar-refractivity contribution in [3.63, 3.8) is 0 Å². The maximum absolute atomic E-state index is 13.3. The lowest BCUT2D eigenvalue weighted by atomic mass is 9.60. The van der Waals surface area contributed by atoms with Gasteiger partial charge in [0.15, 0.2) is 0 Å². The first-order valence-corrected chi connectivity index (χ1v) is 12.2. The van der Waals surface area contributed by atoms with Crippen LogP contribution in [0.4, 0.5) is 4.79 Å². The number of likely N-dealkylation sites (tertiary alicyclic amines) is 2. The molecule has 0 bridgehead atoms. The molecule has 1 aromatic rings. The van der Waals surface area contributed by atoms with Crippen LogP contribution in [-0.2, 0) is 4.79 Å². The van der Waals surface area contributed by atoms with Crippen molar-refractivity contribution < 1.29 is 14.7 Å². The fourth-order valence-corrected chi connectivity index (χ4v) is 6.68. The first-order chi connectivity index (χ1) is 15.1. The molecule has 1 aromatic carbocycles. The van der Waals surface area contributed by atoms with Gasteiger partial charge in [-0.25, -0.2) is 4.79 Å². The Morgan fingerprint density at radius 3 is 2.26 bits per heavy atom. The molecule has 6 nitrogen and oxygen atoms in total. The second-order valence-electron chi connectivity index (χ2n) is 10.1. The van der Waals surface area contributed by atoms with Crippen molar-refractivity contribution >= 4 is 11.9 Å². The lowest BCUT2D eigenvalue weighted by molar-refractivity contribution is -0.181. The van der Waals surface area contributed by atoms with Crippen LogP contribution in [0.3, 0.4) is 0 Å². The van der Waals surface area contributed by atoms with Crippen LogP contribution in [0.1, 0.15) is 69.3 Å². The summed E-state index contributed by atoms with van der Waals surface area (Å²) < 4.78 is 0. The van der Waals surface area contributed by atoms with E-state index in [0.717, 1.165) is 56.9 Å². The third-order valence-electron chi connectivity index (χ3n) is 8.22. The zero-order valence-corrected chi connectivity index (χ0v) is 18.3. The summed E-state index contributed by atoms with van der Waals surface area (Å²) in [5, 5.41) is 13.4. The van der Waals surface area contributed by atoms with Gasteiger partial charge in [0.25, 0.3) is 0 Å². The van der Waals surface area contributed by atoms with E-state index in [0.29, 0.717) is 13.1 Å². The van der Waals surface area contributed by atoms with E-state index in [4.69, 9.17) is 0 Å². The Morgan fingerprint density at radius 1 is 0.968 bits per heavy atom. The predicted molar refractivity (Wildman–Crippen MR) is 119 cm³/mol. The summed E-state index contributed by atoms with van der Waals surface area (Å²) in [6.07, 6.45) is 9.90. The molecule has 0 unspecified atom stereocenters. The quantitative estimate of drug-likeness (QED) is 0.778. The van der Waals surface area contributed by atoms with E-state index < -0.39 is 5.54 Å². The van der Waals surface area contributed by atoms with Gasteiger partial charge in [-0.1, -0.05) is 62.4 Å². The largest absolute Gasteiger partial charge is 0.394 e. The Kier molecular flexibility index (Phi) is 5.67. The number of benzene rings is 1. The Bertz CT molecular complexity index is 795. The molecular weight excluding hydrogens is 390 g/mol. The van der Waals surface area contributed by atoms with E-state index in [1.807, 2.05) is 28.0 Å². The van der Waals surface area contributed by atoms with E-state index >= 15 is 0 Å². The molecule has 2 N–H and O–H groups in total. The highest BCUT2D eigenvalue weighted by Gasteiger charge is 2.68. The Balaban J connectivity index is 1.36. The van der Waals surface area contributed by atoms with Gasteiger partial charge in [0, 0.05) is 31.0 Å². The molecule has 2 saturated carbocycles. The van der Waals surface area contributed by atoms with Crippen molar-refractivity contribution in [1.82, 2.24) is 15.1 Å². The van der Waals surface area contributed by atoms with Crippen LogP contribution < -0.4 is 5.32 Å². The standard InChI is InChI=1S/C25H35N3O3/c29-15-21-22(18-9-3-1-4-10-18)25(28(21)24(31)26-20-13-7-8-14-20)16-27(17-25)23(30)19-11-5-2-6-12-19/h1,3-4,9-10,19-22,29H,2,5-8,11-17H2,(H,26,31)/t21-,22+/m1/s1. The first kappa shape index (κ1) is 20.8. The molecule has 2 saturated heterocycles. The summed E-state index contributed by atoms with van der Waals surface area (Å²) in [6, 6.07) is 10.1. The van der Waals surface area contributed by atoms with Crippen LogP contribution in [0.15, 0.2) is 30.3 Å². The van der Waals surface area contributed by atoms with Gasteiger partial charge in [0.1, 0.15) is 0 Å². The van der Waals surface area contributed by atoms with Gasteiger partial charge >= 0.3 is 6.03 Å². The fraction of sp³-hybridized carbons (Fsp3) is 0.680. The van der Waals surface area contributed by atoms with Crippen LogP contribution >= 0.6 is 0 Å². The van der Waals surface area contributed by atoms with Crippen LogP contribution in [-0.4, -0.2) is 64.2 Å². The molecule has 5 rings (SSSR count). The van der Waals surface area contributed by atoms with Crippen molar-refractivity contribution in [2.45, 2.75) is 81.3 Å². The highest BCUT2D eigenvalue weighted by molar-refractivity contribution is 5.83. The third kappa shape index (κ3) is 3.53. The van der Waals surface area contributed by atoms with E-state index in [9.17, 15) is 14.7 Å². The van der Waals surface area contributed by atoms with Crippen LogP contribution in [0.2, 0.25) is 0 Å². The second kappa shape index (κ2) is 8.45. The third-order valence-corrected chi connectivity index (χ3v) is 8.22. The lowest BCUT2D eigenvalue weighted by Gasteiger charge is -2.70. The molecule has 6 heteroatoms. The van der Waals surface area contributed by atoms with E-state index in [1.165, 1.54) is 6.42 Å². The summed E-state index contributed by atoms with van der Waals surface area (Å²) in [4.78, 5) is 30.3. The molecule has 168 valence electrons. The van der Waals surface area contributed by atoms with E-state index in [-0.39, 0.29) is 42.5 Å². The van der Waals surface area contributed by atoms with Crippen molar-refractivity contribution in [2.24, 2.45) is 5.92 Å². The average Bonchev–Trinajstić information content (AvgIpc) is 3.26. The summed E-state index contributed by atoms with van der Waals surface area (Å²) >= 11 is 0. The highest BCUT2D eigenvalue weighted by Crippen LogP contribution is 2.54. The monoisotopic (exact) mass is 425 g/mol. The summed E-state index contributed by atoms with van der Waals surface area (Å²) in [7, 11) is 0. The number of amides is 3. The molecule has 1 spiro atoms. The number of hydrogen-bond acceptors (Lipinski definition) is 3. The molecule has 0 aromatic heterocycles. The number of rotatable bonds is 4. The molecule has 4 fully saturated rings. The molecular formula is C25H35N3O3.